The Morgan fingerprint density at radius 3 is 2.31 bits per heavy atom. The average Bonchev–Trinajstić information content (AvgIpc) is 2.93. The third-order valence-corrected chi connectivity index (χ3v) is 7.62. The van der Waals surface area contributed by atoms with Gasteiger partial charge in [0.05, 0.1) is 15.8 Å². The number of carbonyl (C=O) groups excluding carboxylic acids is 3. The molecule has 0 aromatic heterocycles. The van der Waals surface area contributed by atoms with E-state index in [4.69, 9.17) is 23.2 Å². The monoisotopic (exact) mass is 638 g/mol. The SMILES string of the molecule is O=C(Nc1cccc(SCC(=O)c2ccc(Cl)c(Cl)c2)c1)/C(=C/c1cccc(Br)c1)NC(=O)c1ccccc1. The third-order valence-electron chi connectivity index (χ3n) is 5.39. The van der Waals surface area contributed by atoms with E-state index in [0.717, 1.165) is 14.9 Å². The Morgan fingerprint density at radius 1 is 0.795 bits per heavy atom. The molecule has 0 bridgehead atoms. The summed E-state index contributed by atoms with van der Waals surface area (Å²) in [5.41, 5.74) is 2.22. The van der Waals surface area contributed by atoms with Crippen LogP contribution in [0, 0.1) is 0 Å². The first kappa shape index (κ1) is 28.6. The van der Waals surface area contributed by atoms with Gasteiger partial charge in [-0.05, 0) is 72.3 Å². The molecule has 0 saturated carbocycles. The van der Waals surface area contributed by atoms with Gasteiger partial charge in [0.2, 0.25) is 0 Å². The van der Waals surface area contributed by atoms with Crippen LogP contribution in [0.2, 0.25) is 10.0 Å². The van der Waals surface area contributed by atoms with Gasteiger partial charge in [-0.3, -0.25) is 14.4 Å². The van der Waals surface area contributed by atoms with E-state index in [9.17, 15) is 14.4 Å². The Labute approximate surface area is 248 Å². The first-order chi connectivity index (χ1) is 18.8. The smallest absolute Gasteiger partial charge is 0.272 e. The molecule has 4 rings (SSSR count). The second kappa shape index (κ2) is 13.6. The summed E-state index contributed by atoms with van der Waals surface area (Å²) in [7, 11) is 0. The van der Waals surface area contributed by atoms with Gasteiger partial charge in [0.1, 0.15) is 5.70 Å². The second-order valence-electron chi connectivity index (χ2n) is 8.26. The fourth-order valence-electron chi connectivity index (χ4n) is 3.47. The molecule has 2 N–H and O–H groups in total. The molecular formula is C30H21BrCl2N2O3S. The quantitative estimate of drug-likeness (QED) is 0.110. The lowest BCUT2D eigenvalue weighted by Gasteiger charge is -2.12. The Morgan fingerprint density at radius 2 is 1.56 bits per heavy atom. The fourth-order valence-corrected chi connectivity index (χ4v) is 5.03. The standard InChI is InChI=1S/C30H21BrCl2N2O3S/c31-22-9-4-6-19(14-22)15-27(35-29(37)20-7-2-1-3-8-20)30(38)34-23-10-5-11-24(17-23)39-18-28(36)21-12-13-25(32)26(33)16-21/h1-17H,18H2,(H,34,38)(H,35,37)/b27-15-. The Hall–Kier alpha value is -3.36. The predicted molar refractivity (Wildman–Crippen MR) is 163 cm³/mol. The number of carbonyl (C=O) groups is 3. The number of nitrogens with one attached hydrogen (secondary N) is 2. The van der Waals surface area contributed by atoms with Crippen molar-refractivity contribution in [1.29, 1.82) is 0 Å². The molecular weight excluding hydrogens is 619 g/mol. The van der Waals surface area contributed by atoms with Crippen molar-refractivity contribution in [2.45, 2.75) is 4.90 Å². The van der Waals surface area contributed by atoms with Crippen LogP contribution < -0.4 is 10.6 Å². The molecule has 2 amide bonds. The minimum absolute atomic E-state index is 0.0785. The molecule has 0 aliphatic rings. The first-order valence-electron chi connectivity index (χ1n) is 11.6. The highest BCUT2D eigenvalue weighted by Gasteiger charge is 2.16. The van der Waals surface area contributed by atoms with Crippen LogP contribution in [0.25, 0.3) is 6.08 Å². The second-order valence-corrected chi connectivity index (χ2v) is 11.0. The number of amides is 2. The van der Waals surface area contributed by atoms with Crippen LogP contribution >= 0.6 is 50.9 Å². The molecule has 4 aromatic carbocycles. The van der Waals surface area contributed by atoms with Crippen LogP contribution in [0.3, 0.4) is 0 Å². The largest absolute Gasteiger partial charge is 0.321 e. The summed E-state index contributed by atoms with van der Waals surface area (Å²) in [4.78, 5) is 39.5. The summed E-state index contributed by atoms with van der Waals surface area (Å²) in [5, 5.41) is 6.28. The maximum Gasteiger partial charge on any atom is 0.272 e. The van der Waals surface area contributed by atoms with Crippen LogP contribution in [-0.2, 0) is 4.79 Å². The molecule has 0 heterocycles. The summed E-state index contributed by atoms with van der Waals surface area (Å²) in [6.45, 7) is 0. The molecule has 0 spiro atoms. The Kier molecular flexibility index (Phi) is 10.0. The number of hydrogen-bond donors (Lipinski definition) is 2. The normalized spacial score (nSPS) is 11.1. The van der Waals surface area contributed by atoms with Crippen LogP contribution in [0.4, 0.5) is 5.69 Å². The molecule has 0 atom stereocenters. The van der Waals surface area contributed by atoms with E-state index >= 15 is 0 Å². The number of hydrogen-bond acceptors (Lipinski definition) is 4. The summed E-state index contributed by atoms with van der Waals surface area (Å²) in [6, 6.07) is 27.9. The van der Waals surface area contributed by atoms with E-state index in [1.54, 1.807) is 66.7 Å². The zero-order valence-corrected chi connectivity index (χ0v) is 24.2. The minimum Gasteiger partial charge on any atom is -0.321 e. The molecule has 0 radical (unpaired) electrons. The molecule has 39 heavy (non-hydrogen) atoms. The predicted octanol–water partition coefficient (Wildman–Crippen LogP) is 8.14. The maximum atomic E-state index is 13.3. The van der Waals surface area contributed by atoms with Crippen LogP contribution in [-0.4, -0.2) is 23.4 Å². The highest BCUT2D eigenvalue weighted by Crippen LogP contribution is 2.26. The van der Waals surface area contributed by atoms with Gasteiger partial charge in [0.15, 0.2) is 5.78 Å². The van der Waals surface area contributed by atoms with Crippen molar-refractivity contribution in [2.24, 2.45) is 0 Å². The van der Waals surface area contributed by atoms with Crippen molar-refractivity contribution in [1.82, 2.24) is 5.32 Å². The average molecular weight is 640 g/mol. The summed E-state index contributed by atoms with van der Waals surface area (Å²) < 4.78 is 0.838. The molecule has 0 aliphatic carbocycles. The van der Waals surface area contributed by atoms with Crippen molar-refractivity contribution >= 4 is 80.3 Å². The zero-order chi connectivity index (χ0) is 27.8. The highest BCUT2D eigenvalue weighted by atomic mass is 79.9. The van der Waals surface area contributed by atoms with Gasteiger partial charge in [0, 0.05) is 26.2 Å². The zero-order valence-electron chi connectivity index (χ0n) is 20.3. The van der Waals surface area contributed by atoms with E-state index in [1.807, 2.05) is 36.4 Å². The Balaban J connectivity index is 1.49. The lowest BCUT2D eigenvalue weighted by Crippen LogP contribution is -2.30. The van der Waals surface area contributed by atoms with Gasteiger partial charge in [-0.2, -0.15) is 0 Å². The van der Waals surface area contributed by atoms with Gasteiger partial charge in [0.25, 0.3) is 11.8 Å². The van der Waals surface area contributed by atoms with Gasteiger partial charge < -0.3 is 10.6 Å². The van der Waals surface area contributed by atoms with Gasteiger partial charge in [-0.15, -0.1) is 11.8 Å². The van der Waals surface area contributed by atoms with Gasteiger partial charge >= 0.3 is 0 Å². The number of benzene rings is 4. The molecule has 5 nitrogen and oxygen atoms in total. The Bertz CT molecular complexity index is 1560. The number of Topliss-reactive ketones (excluding diaryl/α,β-unsaturated/α-hetero) is 1. The minimum atomic E-state index is -0.492. The van der Waals surface area contributed by atoms with Crippen molar-refractivity contribution in [2.75, 3.05) is 11.1 Å². The van der Waals surface area contributed by atoms with Crippen molar-refractivity contribution in [3.8, 4) is 0 Å². The van der Waals surface area contributed by atoms with Crippen LogP contribution in [0.15, 0.2) is 112 Å². The van der Waals surface area contributed by atoms with Gasteiger partial charge in [-0.25, -0.2) is 0 Å². The lowest BCUT2D eigenvalue weighted by atomic mass is 10.1. The molecule has 0 aliphatic heterocycles. The molecule has 196 valence electrons. The highest BCUT2D eigenvalue weighted by molar-refractivity contribution is 9.10. The lowest BCUT2D eigenvalue weighted by molar-refractivity contribution is -0.113. The molecule has 0 saturated heterocycles. The maximum absolute atomic E-state index is 13.3. The number of ketones is 1. The van der Waals surface area contributed by atoms with Crippen LogP contribution in [0.5, 0.6) is 0 Å². The van der Waals surface area contributed by atoms with E-state index in [1.165, 1.54) is 11.8 Å². The van der Waals surface area contributed by atoms with E-state index in [0.29, 0.717) is 26.9 Å². The number of anilines is 1. The van der Waals surface area contributed by atoms with Crippen molar-refractivity contribution < 1.29 is 14.4 Å². The molecule has 9 heteroatoms. The molecule has 4 aromatic rings. The molecule has 0 unspecified atom stereocenters. The number of rotatable bonds is 9. The first-order valence-corrected chi connectivity index (χ1v) is 14.2. The van der Waals surface area contributed by atoms with Crippen molar-refractivity contribution in [3.05, 3.63) is 134 Å². The third kappa shape index (κ3) is 8.31. The number of halogens is 3. The number of thioether (sulfide) groups is 1. The molecule has 0 fully saturated rings. The van der Waals surface area contributed by atoms with Crippen LogP contribution in [0.1, 0.15) is 26.3 Å². The summed E-state index contributed by atoms with van der Waals surface area (Å²) in [5.74, 6) is -0.822. The van der Waals surface area contributed by atoms with E-state index in [2.05, 4.69) is 26.6 Å². The topological polar surface area (TPSA) is 75.3 Å². The van der Waals surface area contributed by atoms with Gasteiger partial charge in [-0.1, -0.05) is 75.5 Å². The fraction of sp³-hybridized carbons (Fsp3) is 0.0333. The van der Waals surface area contributed by atoms with Crippen molar-refractivity contribution in [3.63, 3.8) is 0 Å². The van der Waals surface area contributed by atoms with E-state index < -0.39 is 11.8 Å². The summed E-state index contributed by atoms with van der Waals surface area (Å²) in [6.07, 6.45) is 1.61. The summed E-state index contributed by atoms with van der Waals surface area (Å²) >= 11 is 16.7. The van der Waals surface area contributed by atoms with E-state index in [-0.39, 0.29) is 17.2 Å².